The Hall–Kier alpha value is -0.940. The maximum absolute atomic E-state index is 10.4. The first-order valence-electron chi connectivity index (χ1n) is 4.57. The molecule has 0 fully saturated rings. The Labute approximate surface area is 83.1 Å². The van der Waals surface area contributed by atoms with Gasteiger partial charge in [0.1, 0.15) is 12.3 Å². The number of aliphatic hydroxyl groups is 1. The maximum atomic E-state index is 10.4. The van der Waals surface area contributed by atoms with Gasteiger partial charge in [0.2, 0.25) is 0 Å². The molecule has 0 spiro atoms. The lowest BCUT2D eigenvalue weighted by atomic mass is 10.1. The number of hydrogen-bond acceptors (Lipinski definition) is 4. The highest BCUT2D eigenvalue weighted by Gasteiger charge is 2.14. The number of carbonyl (C=O) groups is 2. The lowest BCUT2D eigenvalue weighted by molar-refractivity contribution is -0.139. The molecule has 5 nitrogen and oxygen atoms in total. The van der Waals surface area contributed by atoms with Crippen molar-refractivity contribution >= 4 is 12.3 Å². The number of hydrogen-bond donors (Lipinski definition) is 3. The Balaban J connectivity index is 3.68. The van der Waals surface area contributed by atoms with Crippen LogP contribution >= 0.6 is 0 Å². The Morgan fingerprint density at radius 3 is 2.50 bits per heavy atom. The van der Waals surface area contributed by atoms with Gasteiger partial charge in [-0.1, -0.05) is 6.92 Å². The molecule has 0 amide bonds. The quantitative estimate of drug-likeness (QED) is 0.492. The number of carboxylic acids is 1. The van der Waals surface area contributed by atoms with Gasteiger partial charge in [-0.25, -0.2) is 0 Å². The Kier molecular flexibility index (Phi) is 6.07. The van der Waals surface area contributed by atoms with Crippen LogP contribution in [0.5, 0.6) is 0 Å². The summed E-state index contributed by atoms with van der Waals surface area (Å²) in [6.45, 7) is 3.39. The number of carbonyl (C=O) groups excluding carboxylic acids is 1. The van der Waals surface area contributed by atoms with Gasteiger partial charge in [0.25, 0.3) is 0 Å². The fourth-order valence-corrected chi connectivity index (χ4v) is 0.968. The van der Waals surface area contributed by atoms with Crippen LogP contribution in [0.4, 0.5) is 0 Å². The van der Waals surface area contributed by atoms with E-state index in [0.29, 0.717) is 6.42 Å². The molecule has 0 bridgehead atoms. The van der Waals surface area contributed by atoms with E-state index in [1.807, 2.05) is 0 Å². The molecule has 0 aromatic carbocycles. The summed E-state index contributed by atoms with van der Waals surface area (Å²) in [5, 5.41) is 20.5. The van der Waals surface area contributed by atoms with Crippen LogP contribution in [-0.4, -0.2) is 41.2 Å². The van der Waals surface area contributed by atoms with Gasteiger partial charge in [-0.2, -0.15) is 0 Å². The zero-order valence-corrected chi connectivity index (χ0v) is 8.43. The number of aliphatic carboxylic acids is 1. The maximum Gasteiger partial charge on any atom is 0.320 e. The number of aldehydes is 1. The van der Waals surface area contributed by atoms with Gasteiger partial charge >= 0.3 is 5.97 Å². The Bertz CT molecular complexity index is 195. The van der Waals surface area contributed by atoms with Crippen LogP contribution in [0.1, 0.15) is 20.3 Å². The van der Waals surface area contributed by atoms with Crippen LogP contribution in [0.2, 0.25) is 0 Å². The summed E-state index contributed by atoms with van der Waals surface area (Å²) in [5.74, 6) is -1.16. The highest BCUT2D eigenvalue weighted by molar-refractivity contribution is 5.72. The van der Waals surface area contributed by atoms with Crippen LogP contribution in [0.15, 0.2) is 0 Å². The minimum absolute atomic E-state index is 0.186. The standard InChI is InChI=1S/C9H17NO4/c1-6(5-11)3-8(12)4-10-7(2)9(13)14/h5-8,10,12H,3-4H2,1-2H3,(H,13,14)/t6?,7-,8?/m0/s1. The lowest BCUT2D eigenvalue weighted by Gasteiger charge is -2.15. The molecule has 0 radical (unpaired) electrons. The zero-order chi connectivity index (χ0) is 11.1. The molecule has 0 heterocycles. The van der Waals surface area contributed by atoms with E-state index in [-0.39, 0.29) is 12.5 Å². The van der Waals surface area contributed by atoms with E-state index in [1.165, 1.54) is 6.92 Å². The van der Waals surface area contributed by atoms with Gasteiger partial charge in [0.15, 0.2) is 0 Å². The molecule has 0 aliphatic rings. The van der Waals surface area contributed by atoms with Crippen molar-refractivity contribution < 1.29 is 19.8 Å². The molecule has 0 aromatic rings. The predicted molar refractivity (Wildman–Crippen MR) is 51.0 cm³/mol. The summed E-state index contributed by atoms with van der Waals surface area (Å²) in [4.78, 5) is 20.7. The molecule has 5 heteroatoms. The van der Waals surface area contributed by atoms with E-state index in [1.54, 1.807) is 6.92 Å². The molecule has 0 aliphatic carbocycles. The predicted octanol–water partition coefficient (Wildman–Crippen LogP) is -0.365. The summed E-state index contributed by atoms with van der Waals surface area (Å²) in [6.07, 6.45) is 0.434. The van der Waals surface area contributed by atoms with Gasteiger partial charge in [-0.3, -0.25) is 4.79 Å². The normalized spacial score (nSPS) is 17.1. The summed E-state index contributed by atoms with van der Waals surface area (Å²) >= 11 is 0. The topological polar surface area (TPSA) is 86.6 Å². The number of carboxylic acid groups (broad SMARTS) is 1. The average Bonchev–Trinajstić information content (AvgIpc) is 2.13. The lowest BCUT2D eigenvalue weighted by Crippen LogP contribution is -2.39. The monoisotopic (exact) mass is 203 g/mol. The van der Waals surface area contributed by atoms with Gasteiger partial charge in [-0.05, 0) is 13.3 Å². The fourth-order valence-electron chi connectivity index (χ4n) is 0.968. The van der Waals surface area contributed by atoms with E-state index < -0.39 is 18.1 Å². The molecule has 0 aromatic heterocycles. The van der Waals surface area contributed by atoms with Crippen molar-refractivity contribution in [2.45, 2.75) is 32.4 Å². The summed E-state index contributed by atoms with van der Waals surface area (Å²) < 4.78 is 0. The number of rotatable bonds is 7. The summed E-state index contributed by atoms with van der Waals surface area (Å²) in [6, 6.07) is -0.684. The van der Waals surface area contributed by atoms with Crippen LogP contribution in [0, 0.1) is 5.92 Å². The average molecular weight is 203 g/mol. The van der Waals surface area contributed by atoms with E-state index in [2.05, 4.69) is 5.32 Å². The third-order valence-corrected chi connectivity index (χ3v) is 1.91. The van der Waals surface area contributed by atoms with Crippen LogP contribution in [0.25, 0.3) is 0 Å². The number of aliphatic hydroxyl groups excluding tert-OH is 1. The molecular weight excluding hydrogens is 186 g/mol. The SMILES string of the molecule is CC(C=O)CC(O)CN[C@@H](C)C(=O)O. The molecule has 3 atom stereocenters. The molecule has 0 aliphatic heterocycles. The summed E-state index contributed by atoms with van der Waals surface area (Å²) in [5.41, 5.74) is 0. The van der Waals surface area contributed by atoms with E-state index in [4.69, 9.17) is 5.11 Å². The summed E-state index contributed by atoms with van der Waals surface area (Å²) in [7, 11) is 0. The third-order valence-electron chi connectivity index (χ3n) is 1.91. The highest BCUT2D eigenvalue weighted by atomic mass is 16.4. The first-order valence-corrected chi connectivity index (χ1v) is 4.57. The van der Waals surface area contributed by atoms with Gasteiger partial charge in [-0.15, -0.1) is 0 Å². The fraction of sp³-hybridized carbons (Fsp3) is 0.778. The van der Waals surface area contributed by atoms with Crippen molar-refractivity contribution in [1.29, 1.82) is 0 Å². The molecule has 0 saturated heterocycles. The molecular formula is C9H17NO4. The Morgan fingerprint density at radius 2 is 2.07 bits per heavy atom. The van der Waals surface area contributed by atoms with Gasteiger partial charge < -0.3 is 20.3 Å². The van der Waals surface area contributed by atoms with E-state index in [0.717, 1.165) is 6.29 Å². The van der Waals surface area contributed by atoms with Crippen molar-refractivity contribution in [2.24, 2.45) is 5.92 Å². The second kappa shape index (κ2) is 6.50. The van der Waals surface area contributed by atoms with Crippen molar-refractivity contribution in [2.75, 3.05) is 6.54 Å². The van der Waals surface area contributed by atoms with Crippen molar-refractivity contribution in [3.05, 3.63) is 0 Å². The molecule has 2 unspecified atom stereocenters. The highest BCUT2D eigenvalue weighted by Crippen LogP contribution is 2.02. The minimum Gasteiger partial charge on any atom is -0.480 e. The second-order valence-corrected chi connectivity index (χ2v) is 3.47. The van der Waals surface area contributed by atoms with Crippen LogP contribution in [0.3, 0.4) is 0 Å². The van der Waals surface area contributed by atoms with Gasteiger partial charge in [0.05, 0.1) is 6.10 Å². The second-order valence-electron chi connectivity index (χ2n) is 3.47. The Morgan fingerprint density at radius 1 is 1.50 bits per heavy atom. The van der Waals surface area contributed by atoms with E-state index in [9.17, 15) is 14.7 Å². The molecule has 0 saturated carbocycles. The van der Waals surface area contributed by atoms with Gasteiger partial charge in [0, 0.05) is 12.5 Å². The third kappa shape index (κ3) is 5.66. The van der Waals surface area contributed by atoms with E-state index >= 15 is 0 Å². The molecule has 14 heavy (non-hydrogen) atoms. The molecule has 3 N–H and O–H groups in total. The first-order chi connectivity index (χ1) is 6.47. The van der Waals surface area contributed by atoms with Crippen LogP contribution in [-0.2, 0) is 9.59 Å². The zero-order valence-electron chi connectivity index (χ0n) is 8.43. The smallest absolute Gasteiger partial charge is 0.320 e. The molecule has 82 valence electrons. The van der Waals surface area contributed by atoms with Crippen molar-refractivity contribution in [3.63, 3.8) is 0 Å². The number of nitrogens with one attached hydrogen (secondary N) is 1. The van der Waals surface area contributed by atoms with Crippen molar-refractivity contribution in [3.8, 4) is 0 Å². The molecule has 0 rings (SSSR count). The largest absolute Gasteiger partial charge is 0.480 e. The first kappa shape index (κ1) is 13.1. The minimum atomic E-state index is -0.958. The van der Waals surface area contributed by atoms with Crippen molar-refractivity contribution in [1.82, 2.24) is 5.32 Å². The van der Waals surface area contributed by atoms with Crippen LogP contribution < -0.4 is 5.32 Å².